The van der Waals surface area contributed by atoms with Gasteiger partial charge in [-0.25, -0.2) is 9.67 Å². The molecule has 3 rings (SSSR count). The van der Waals surface area contributed by atoms with Crippen LogP contribution in [0.15, 0.2) is 35.4 Å². The van der Waals surface area contributed by atoms with Gasteiger partial charge in [-0.2, -0.15) is 10.1 Å². The monoisotopic (exact) mass is 298 g/mol. The van der Waals surface area contributed by atoms with E-state index < -0.39 is 0 Å². The predicted octanol–water partition coefficient (Wildman–Crippen LogP) is 1.78. The molecular weight excluding hydrogens is 280 g/mol. The Morgan fingerprint density at radius 2 is 2.23 bits per heavy atom. The molecule has 0 spiro atoms. The van der Waals surface area contributed by atoms with Crippen LogP contribution < -0.4 is 5.32 Å². The molecular formula is C15H18N6O. The number of likely N-dealkylation sites (N-methyl/N-ethyl adjacent to an activating group) is 1. The first-order valence-electron chi connectivity index (χ1n) is 7.13. The van der Waals surface area contributed by atoms with Crippen LogP contribution in [0.5, 0.6) is 0 Å². The summed E-state index contributed by atoms with van der Waals surface area (Å²) in [5.41, 5.74) is 2.94. The van der Waals surface area contributed by atoms with Crippen LogP contribution in [0.4, 0.5) is 0 Å². The fourth-order valence-corrected chi connectivity index (χ4v) is 2.21. The van der Waals surface area contributed by atoms with Crippen molar-refractivity contribution in [2.45, 2.75) is 26.3 Å². The second-order valence-electron chi connectivity index (χ2n) is 5.25. The predicted molar refractivity (Wildman–Crippen MR) is 81.6 cm³/mol. The molecule has 3 aromatic rings. The number of hydrogen-bond donors (Lipinski definition) is 1. The van der Waals surface area contributed by atoms with Gasteiger partial charge in [0.25, 0.3) is 5.89 Å². The van der Waals surface area contributed by atoms with Crippen LogP contribution in [0.25, 0.3) is 17.1 Å². The Hall–Kier alpha value is -2.54. The van der Waals surface area contributed by atoms with Crippen molar-refractivity contribution in [3.63, 3.8) is 0 Å². The summed E-state index contributed by atoms with van der Waals surface area (Å²) in [4.78, 5) is 8.41. The molecule has 1 N–H and O–H groups in total. The van der Waals surface area contributed by atoms with Gasteiger partial charge in [-0.05, 0) is 44.7 Å². The summed E-state index contributed by atoms with van der Waals surface area (Å²) in [5.74, 6) is 1.24. The van der Waals surface area contributed by atoms with Crippen LogP contribution in [0.2, 0.25) is 0 Å². The van der Waals surface area contributed by atoms with Crippen molar-refractivity contribution in [1.82, 2.24) is 30.2 Å². The van der Waals surface area contributed by atoms with Crippen molar-refractivity contribution >= 4 is 0 Å². The van der Waals surface area contributed by atoms with Gasteiger partial charge in [0, 0.05) is 18.0 Å². The Kier molecular flexibility index (Phi) is 3.97. The van der Waals surface area contributed by atoms with E-state index in [9.17, 15) is 0 Å². The smallest absolute Gasteiger partial charge is 0.257 e. The first kappa shape index (κ1) is 14.4. The highest BCUT2D eigenvalue weighted by molar-refractivity contribution is 5.58. The minimum Gasteiger partial charge on any atom is -0.334 e. The van der Waals surface area contributed by atoms with Crippen LogP contribution in [-0.2, 0) is 6.42 Å². The maximum absolute atomic E-state index is 5.36. The van der Waals surface area contributed by atoms with E-state index in [1.54, 1.807) is 11.0 Å². The van der Waals surface area contributed by atoms with Crippen molar-refractivity contribution in [2.75, 3.05) is 7.05 Å². The van der Waals surface area contributed by atoms with Crippen LogP contribution in [0.3, 0.4) is 0 Å². The van der Waals surface area contributed by atoms with Crippen LogP contribution in [0.1, 0.15) is 18.3 Å². The SMILES string of the molecule is CNC(C)Cc1noc(-c2ccc(-n3cncn3)c(C)c2)n1. The number of aryl methyl sites for hydroxylation is 1. The average Bonchev–Trinajstić information content (AvgIpc) is 3.18. The van der Waals surface area contributed by atoms with Gasteiger partial charge in [0.1, 0.15) is 12.7 Å². The molecule has 7 nitrogen and oxygen atoms in total. The van der Waals surface area contributed by atoms with Crippen molar-refractivity contribution in [2.24, 2.45) is 0 Å². The van der Waals surface area contributed by atoms with Crippen molar-refractivity contribution < 1.29 is 4.52 Å². The Labute approximate surface area is 128 Å². The highest BCUT2D eigenvalue weighted by Crippen LogP contribution is 2.22. The highest BCUT2D eigenvalue weighted by Gasteiger charge is 2.12. The normalized spacial score (nSPS) is 12.5. The molecule has 1 atom stereocenters. The molecule has 0 aliphatic heterocycles. The zero-order valence-corrected chi connectivity index (χ0v) is 12.8. The molecule has 114 valence electrons. The van der Waals surface area contributed by atoms with Crippen LogP contribution >= 0.6 is 0 Å². The minimum atomic E-state index is 0.307. The molecule has 7 heteroatoms. The highest BCUT2D eigenvalue weighted by atomic mass is 16.5. The van der Waals surface area contributed by atoms with E-state index in [0.717, 1.165) is 23.2 Å². The molecule has 1 unspecified atom stereocenters. The largest absolute Gasteiger partial charge is 0.334 e. The zero-order valence-electron chi connectivity index (χ0n) is 12.8. The van der Waals surface area contributed by atoms with Crippen molar-refractivity contribution in [3.8, 4) is 17.1 Å². The molecule has 1 aromatic carbocycles. The summed E-state index contributed by atoms with van der Waals surface area (Å²) >= 11 is 0. The van der Waals surface area contributed by atoms with E-state index >= 15 is 0 Å². The van der Waals surface area contributed by atoms with Crippen LogP contribution in [0, 0.1) is 6.92 Å². The van der Waals surface area contributed by atoms with E-state index in [-0.39, 0.29) is 0 Å². The van der Waals surface area contributed by atoms with Gasteiger partial charge in [-0.1, -0.05) is 5.16 Å². The lowest BCUT2D eigenvalue weighted by molar-refractivity contribution is 0.418. The molecule has 0 amide bonds. The van der Waals surface area contributed by atoms with E-state index in [1.165, 1.54) is 6.33 Å². The van der Waals surface area contributed by atoms with E-state index in [2.05, 4.69) is 32.5 Å². The fraction of sp³-hybridized carbons (Fsp3) is 0.333. The summed E-state index contributed by atoms with van der Waals surface area (Å²) in [6, 6.07) is 6.24. The van der Waals surface area contributed by atoms with E-state index in [4.69, 9.17) is 4.52 Å². The summed E-state index contributed by atoms with van der Waals surface area (Å²) in [7, 11) is 1.91. The Bertz CT molecular complexity index is 749. The molecule has 0 bridgehead atoms. The van der Waals surface area contributed by atoms with Crippen molar-refractivity contribution in [1.29, 1.82) is 0 Å². The third-order valence-corrected chi connectivity index (χ3v) is 3.56. The zero-order chi connectivity index (χ0) is 15.5. The second kappa shape index (κ2) is 6.07. The lowest BCUT2D eigenvalue weighted by atomic mass is 10.1. The van der Waals surface area contributed by atoms with Crippen LogP contribution in [-0.4, -0.2) is 38.0 Å². The molecule has 0 aliphatic carbocycles. The van der Waals surface area contributed by atoms with Gasteiger partial charge in [-0.3, -0.25) is 0 Å². The molecule has 0 fully saturated rings. The second-order valence-corrected chi connectivity index (χ2v) is 5.25. The van der Waals surface area contributed by atoms with Gasteiger partial charge in [0.15, 0.2) is 5.82 Å². The Morgan fingerprint density at radius 3 is 2.91 bits per heavy atom. The number of rotatable bonds is 5. The molecule has 22 heavy (non-hydrogen) atoms. The van der Waals surface area contributed by atoms with Gasteiger partial charge < -0.3 is 9.84 Å². The first-order chi connectivity index (χ1) is 10.7. The van der Waals surface area contributed by atoms with Gasteiger partial charge in [0.2, 0.25) is 0 Å². The lowest BCUT2D eigenvalue weighted by Crippen LogP contribution is -2.24. The first-order valence-corrected chi connectivity index (χ1v) is 7.13. The summed E-state index contributed by atoms with van der Waals surface area (Å²) in [5, 5.41) is 11.3. The topological polar surface area (TPSA) is 81.7 Å². The number of aromatic nitrogens is 5. The van der Waals surface area contributed by atoms with Gasteiger partial charge in [-0.15, -0.1) is 0 Å². The van der Waals surface area contributed by atoms with Crippen molar-refractivity contribution in [3.05, 3.63) is 42.2 Å². The third-order valence-electron chi connectivity index (χ3n) is 3.56. The van der Waals surface area contributed by atoms with E-state index in [1.807, 2.05) is 32.2 Å². The number of nitrogens with zero attached hydrogens (tertiary/aromatic N) is 5. The fourth-order valence-electron chi connectivity index (χ4n) is 2.21. The Morgan fingerprint density at radius 1 is 1.36 bits per heavy atom. The standard InChI is InChI=1S/C15H18N6O/c1-10-6-12(4-5-13(10)21-9-17-8-18-21)15-19-14(20-22-15)7-11(2)16-3/h4-6,8-9,11,16H,7H2,1-3H3. The van der Waals surface area contributed by atoms with Gasteiger partial charge in [0.05, 0.1) is 5.69 Å². The molecule has 0 radical (unpaired) electrons. The maximum Gasteiger partial charge on any atom is 0.257 e. The third kappa shape index (κ3) is 2.89. The van der Waals surface area contributed by atoms with Gasteiger partial charge >= 0.3 is 0 Å². The number of benzene rings is 1. The maximum atomic E-state index is 5.36. The Balaban J connectivity index is 1.85. The minimum absolute atomic E-state index is 0.307. The molecule has 0 saturated carbocycles. The number of hydrogen-bond acceptors (Lipinski definition) is 6. The molecule has 0 aliphatic rings. The lowest BCUT2D eigenvalue weighted by Gasteiger charge is -2.06. The van der Waals surface area contributed by atoms with E-state index in [0.29, 0.717) is 17.8 Å². The summed E-state index contributed by atoms with van der Waals surface area (Å²) < 4.78 is 7.09. The molecule has 0 saturated heterocycles. The molecule has 2 aromatic heterocycles. The summed E-state index contributed by atoms with van der Waals surface area (Å²) in [6.45, 7) is 4.09. The molecule has 2 heterocycles. The summed E-state index contributed by atoms with van der Waals surface area (Å²) in [6.07, 6.45) is 3.92. The average molecular weight is 298 g/mol. The number of nitrogens with one attached hydrogen (secondary N) is 1. The quantitative estimate of drug-likeness (QED) is 0.773.